The molecular weight excluding hydrogens is 184 g/mol. The number of rotatable bonds is 0. The Balaban J connectivity index is 0.000000396. The van der Waals surface area contributed by atoms with Crippen molar-refractivity contribution >= 4 is 11.6 Å². The fourth-order valence-electron chi connectivity index (χ4n) is 1.55. The maximum absolute atomic E-state index is 9.45. The van der Waals surface area contributed by atoms with Crippen molar-refractivity contribution in [2.75, 3.05) is 0 Å². The summed E-state index contributed by atoms with van der Waals surface area (Å²) in [5, 5.41) is 10.2. The largest absolute Gasteiger partial charge is 0.388 e. The lowest BCUT2D eigenvalue weighted by Gasteiger charge is -2.02. The summed E-state index contributed by atoms with van der Waals surface area (Å²) >= 11 is 5.78. The van der Waals surface area contributed by atoms with Gasteiger partial charge in [-0.05, 0) is 36.1 Å². The molecule has 1 aromatic rings. The van der Waals surface area contributed by atoms with Gasteiger partial charge in [-0.15, -0.1) is 0 Å². The molecule has 0 aliphatic heterocycles. The summed E-state index contributed by atoms with van der Waals surface area (Å²) in [5.41, 5.74) is 2.25. The predicted molar refractivity (Wildman–Crippen MR) is 56.1 cm³/mol. The molecule has 2 rings (SSSR count). The Morgan fingerprint density at radius 2 is 2.08 bits per heavy atom. The summed E-state index contributed by atoms with van der Waals surface area (Å²) in [5.74, 6) is 0. The molecule has 0 amide bonds. The summed E-state index contributed by atoms with van der Waals surface area (Å²) in [6.07, 6.45) is 1.53. The number of hydrogen-bond donors (Lipinski definition) is 1. The molecule has 1 aliphatic carbocycles. The zero-order valence-electron chi connectivity index (χ0n) is 8.05. The van der Waals surface area contributed by atoms with Crippen LogP contribution in [0.5, 0.6) is 0 Å². The van der Waals surface area contributed by atoms with Gasteiger partial charge in [0.05, 0.1) is 6.10 Å². The Morgan fingerprint density at radius 3 is 2.77 bits per heavy atom. The maximum atomic E-state index is 9.45. The zero-order valence-corrected chi connectivity index (χ0v) is 8.80. The highest BCUT2D eigenvalue weighted by Crippen LogP contribution is 2.32. The molecule has 1 atom stereocenters. The summed E-state index contributed by atoms with van der Waals surface area (Å²) < 4.78 is 0. The fourth-order valence-corrected chi connectivity index (χ4v) is 1.73. The van der Waals surface area contributed by atoms with E-state index < -0.39 is 0 Å². The van der Waals surface area contributed by atoms with Crippen LogP contribution in [-0.4, -0.2) is 5.11 Å². The number of aliphatic hydroxyl groups excluding tert-OH is 1. The van der Waals surface area contributed by atoms with E-state index in [4.69, 9.17) is 11.6 Å². The van der Waals surface area contributed by atoms with E-state index in [1.165, 1.54) is 5.56 Å². The number of aliphatic hydroxyl groups is 1. The highest BCUT2D eigenvalue weighted by atomic mass is 35.5. The molecular formula is C11H15ClO. The van der Waals surface area contributed by atoms with E-state index in [0.29, 0.717) is 5.02 Å². The van der Waals surface area contributed by atoms with Crippen LogP contribution in [-0.2, 0) is 6.42 Å². The van der Waals surface area contributed by atoms with Crippen LogP contribution in [0.25, 0.3) is 0 Å². The average molecular weight is 199 g/mol. The van der Waals surface area contributed by atoms with Gasteiger partial charge in [0.2, 0.25) is 0 Å². The standard InChI is InChI=1S/C9H9ClO.C2H6/c10-7-3-1-6-2-4-9(11)8(6)5-7;1-2/h1,3,5,9,11H,2,4H2;1-2H3. The van der Waals surface area contributed by atoms with Gasteiger partial charge in [0, 0.05) is 5.02 Å². The third kappa shape index (κ3) is 2.23. The average Bonchev–Trinajstić information content (AvgIpc) is 2.52. The van der Waals surface area contributed by atoms with Crippen molar-refractivity contribution in [1.29, 1.82) is 0 Å². The molecule has 0 aromatic heterocycles. The molecule has 1 aliphatic rings. The molecule has 0 fully saturated rings. The normalized spacial score (nSPS) is 18.9. The van der Waals surface area contributed by atoms with Crippen LogP contribution in [0, 0.1) is 0 Å². The molecule has 1 nitrogen and oxygen atoms in total. The summed E-state index contributed by atoms with van der Waals surface area (Å²) in [6.45, 7) is 4.00. The lowest BCUT2D eigenvalue weighted by atomic mass is 10.1. The number of aryl methyl sites for hydroxylation is 1. The second kappa shape index (κ2) is 4.64. The second-order valence-corrected chi connectivity index (χ2v) is 3.33. The van der Waals surface area contributed by atoms with Crippen molar-refractivity contribution in [3.8, 4) is 0 Å². The molecule has 0 bridgehead atoms. The van der Waals surface area contributed by atoms with E-state index in [1.54, 1.807) is 0 Å². The number of benzene rings is 1. The van der Waals surface area contributed by atoms with Crippen molar-refractivity contribution in [3.63, 3.8) is 0 Å². The van der Waals surface area contributed by atoms with E-state index >= 15 is 0 Å². The van der Waals surface area contributed by atoms with Crippen molar-refractivity contribution in [1.82, 2.24) is 0 Å². The molecule has 0 radical (unpaired) electrons. The van der Waals surface area contributed by atoms with Crippen molar-refractivity contribution in [3.05, 3.63) is 34.3 Å². The third-order valence-electron chi connectivity index (χ3n) is 2.15. The minimum absolute atomic E-state index is 0.288. The van der Waals surface area contributed by atoms with E-state index in [-0.39, 0.29) is 6.10 Å². The lowest BCUT2D eigenvalue weighted by Crippen LogP contribution is -1.89. The van der Waals surface area contributed by atoms with Gasteiger partial charge in [0.1, 0.15) is 0 Å². The predicted octanol–water partition coefficient (Wildman–Crippen LogP) is 3.35. The molecule has 1 aromatic carbocycles. The minimum atomic E-state index is -0.288. The molecule has 0 spiro atoms. The SMILES string of the molecule is CC.OC1CCc2ccc(Cl)cc21. The summed E-state index contributed by atoms with van der Waals surface area (Å²) in [4.78, 5) is 0. The van der Waals surface area contributed by atoms with Gasteiger partial charge in [-0.1, -0.05) is 31.5 Å². The van der Waals surface area contributed by atoms with Gasteiger partial charge in [0.15, 0.2) is 0 Å². The highest BCUT2D eigenvalue weighted by molar-refractivity contribution is 6.30. The quantitative estimate of drug-likeness (QED) is 0.678. The zero-order chi connectivity index (χ0) is 9.84. The van der Waals surface area contributed by atoms with Crippen molar-refractivity contribution < 1.29 is 5.11 Å². The van der Waals surface area contributed by atoms with Crippen LogP contribution in [0.15, 0.2) is 18.2 Å². The third-order valence-corrected chi connectivity index (χ3v) is 2.39. The number of hydrogen-bond acceptors (Lipinski definition) is 1. The van der Waals surface area contributed by atoms with Gasteiger partial charge in [0.25, 0.3) is 0 Å². The van der Waals surface area contributed by atoms with Gasteiger partial charge >= 0.3 is 0 Å². The van der Waals surface area contributed by atoms with Crippen LogP contribution in [0.4, 0.5) is 0 Å². The Bertz CT molecular complexity index is 283. The van der Waals surface area contributed by atoms with Gasteiger partial charge < -0.3 is 5.11 Å². The Kier molecular flexibility index (Phi) is 3.76. The first-order chi connectivity index (χ1) is 6.27. The first-order valence-electron chi connectivity index (χ1n) is 4.74. The van der Waals surface area contributed by atoms with Crippen LogP contribution in [0.1, 0.15) is 37.5 Å². The molecule has 13 heavy (non-hydrogen) atoms. The highest BCUT2D eigenvalue weighted by Gasteiger charge is 2.19. The monoisotopic (exact) mass is 198 g/mol. The maximum Gasteiger partial charge on any atom is 0.0796 e. The number of halogens is 1. The second-order valence-electron chi connectivity index (χ2n) is 2.90. The first kappa shape index (κ1) is 10.6. The van der Waals surface area contributed by atoms with Crippen molar-refractivity contribution in [2.24, 2.45) is 0 Å². The van der Waals surface area contributed by atoms with E-state index in [1.807, 2.05) is 32.0 Å². The van der Waals surface area contributed by atoms with Gasteiger partial charge in [-0.3, -0.25) is 0 Å². The molecule has 2 heteroatoms. The van der Waals surface area contributed by atoms with Crippen LogP contribution < -0.4 is 0 Å². The van der Waals surface area contributed by atoms with Gasteiger partial charge in [-0.2, -0.15) is 0 Å². The molecule has 0 saturated heterocycles. The van der Waals surface area contributed by atoms with Crippen LogP contribution in [0.3, 0.4) is 0 Å². The summed E-state index contributed by atoms with van der Waals surface area (Å²) in [7, 11) is 0. The topological polar surface area (TPSA) is 20.2 Å². The van der Waals surface area contributed by atoms with Crippen LogP contribution in [0.2, 0.25) is 5.02 Å². The van der Waals surface area contributed by atoms with Crippen LogP contribution >= 0.6 is 11.6 Å². The van der Waals surface area contributed by atoms with Gasteiger partial charge in [-0.25, -0.2) is 0 Å². The Labute approximate surface area is 84.4 Å². The molecule has 72 valence electrons. The fraction of sp³-hybridized carbons (Fsp3) is 0.455. The smallest absolute Gasteiger partial charge is 0.0796 e. The van der Waals surface area contributed by atoms with E-state index in [2.05, 4.69) is 0 Å². The number of fused-ring (bicyclic) bond motifs is 1. The molecule has 0 saturated carbocycles. The first-order valence-corrected chi connectivity index (χ1v) is 5.11. The van der Waals surface area contributed by atoms with E-state index in [0.717, 1.165) is 18.4 Å². The Morgan fingerprint density at radius 1 is 1.38 bits per heavy atom. The molecule has 1 N–H and O–H groups in total. The molecule has 0 heterocycles. The lowest BCUT2D eigenvalue weighted by molar-refractivity contribution is 0.180. The van der Waals surface area contributed by atoms with Crippen molar-refractivity contribution in [2.45, 2.75) is 32.8 Å². The molecule has 1 unspecified atom stereocenters. The van der Waals surface area contributed by atoms with E-state index in [9.17, 15) is 5.11 Å². The minimum Gasteiger partial charge on any atom is -0.388 e. The summed E-state index contributed by atoms with van der Waals surface area (Å²) in [6, 6.07) is 5.72. The Hall–Kier alpha value is -0.530.